The zero-order chi connectivity index (χ0) is 12.3. The Hall–Kier alpha value is -1.93. The number of halogens is 1. The Morgan fingerprint density at radius 3 is 2.59 bits per heavy atom. The molecule has 2 rings (SSSR count). The number of phenolic OH excluding ortho intramolecular Hbond substituents is 1. The standard InChI is InChI=1S/C14H11ClO2/c15-12-7-3-6-11(14(12)17)13(16)9-8-10-4-1-2-5-10/h1-9,16-17H. The number of allylic oxidation sites excluding steroid dienone is 7. The molecule has 2 N–H and O–H groups in total. The predicted octanol–water partition coefficient (Wildman–Crippen LogP) is 4.00. The van der Waals surface area contributed by atoms with Crippen molar-refractivity contribution in [1.82, 2.24) is 0 Å². The molecule has 0 heterocycles. The van der Waals surface area contributed by atoms with Crippen molar-refractivity contribution in [2.45, 2.75) is 0 Å². The molecular formula is C14H11ClO2. The second-order valence-corrected chi connectivity index (χ2v) is 3.98. The summed E-state index contributed by atoms with van der Waals surface area (Å²) in [6, 6.07) is 4.84. The van der Waals surface area contributed by atoms with Gasteiger partial charge in [-0.1, -0.05) is 48.0 Å². The normalized spacial score (nSPS) is 14.4. The summed E-state index contributed by atoms with van der Waals surface area (Å²) in [6.07, 6.45) is 10.9. The van der Waals surface area contributed by atoms with E-state index in [1.807, 2.05) is 24.3 Å². The van der Waals surface area contributed by atoms with Gasteiger partial charge in [0.05, 0.1) is 10.6 Å². The molecule has 0 amide bonds. The van der Waals surface area contributed by atoms with Crippen LogP contribution in [0.3, 0.4) is 0 Å². The van der Waals surface area contributed by atoms with Crippen molar-refractivity contribution in [3.8, 4) is 5.75 Å². The van der Waals surface area contributed by atoms with Crippen molar-refractivity contribution in [2.24, 2.45) is 0 Å². The molecule has 86 valence electrons. The lowest BCUT2D eigenvalue weighted by molar-refractivity contribution is 0.460. The van der Waals surface area contributed by atoms with E-state index in [4.69, 9.17) is 11.6 Å². The van der Waals surface area contributed by atoms with E-state index >= 15 is 0 Å². The maximum atomic E-state index is 9.84. The van der Waals surface area contributed by atoms with Crippen LogP contribution < -0.4 is 0 Å². The molecule has 0 saturated heterocycles. The number of para-hydroxylation sites is 1. The van der Waals surface area contributed by atoms with E-state index in [1.54, 1.807) is 24.3 Å². The number of aliphatic hydroxyl groups excluding tert-OH is 1. The fraction of sp³-hybridized carbons (Fsp3) is 0. The van der Waals surface area contributed by atoms with Crippen LogP contribution in [0, 0.1) is 0 Å². The maximum absolute atomic E-state index is 9.84. The van der Waals surface area contributed by atoms with Crippen molar-refractivity contribution < 1.29 is 10.2 Å². The summed E-state index contributed by atoms with van der Waals surface area (Å²) in [5.41, 5.74) is 1.30. The van der Waals surface area contributed by atoms with Gasteiger partial charge in [0.25, 0.3) is 0 Å². The number of phenols is 1. The fourth-order valence-electron chi connectivity index (χ4n) is 1.49. The fourth-order valence-corrected chi connectivity index (χ4v) is 1.66. The minimum Gasteiger partial charge on any atom is -0.507 e. The van der Waals surface area contributed by atoms with Gasteiger partial charge in [0.15, 0.2) is 0 Å². The van der Waals surface area contributed by atoms with Crippen LogP contribution in [0.15, 0.2) is 60.2 Å². The van der Waals surface area contributed by atoms with E-state index in [0.717, 1.165) is 5.57 Å². The van der Waals surface area contributed by atoms with Crippen LogP contribution in [-0.4, -0.2) is 10.2 Å². The summed E-state index contributed by atoms with van der Waals surface area (Å²) >= 11 is 5.76. The number of benzene rings is 1. The molecular weight excluding hydrogens is 236 g/mol. The maximum Gasteiger partial charge on any atom is 0.145 e. The highest BCUT2D eigenvalue weighted by atomic mass is 35.5. The van der Waals surface area contributed by atoms with Crippen molar-refractivity contribution in [1.29, 1.82) is 0 Å². The van der Waals surface area contributed by atoms with Crippen molar-refractivity contribution in [3.05, 3.63) is 70.8 Å². The molecule has 3 heteroatoms. The Bertz CT molecular complexity index is 537. The first-order chi connectivity index (χ1) is 8.18. The van der Waals surface area contributed by atoms with E-state index in [2.05, 4.69) is 0 Å². The van der Waals surface area contributed by atoms with Crippen LogP contribution in [0.4, 0.5) is 0 Å². The molecule has 1 aliphatic rings. The highest BCUT2D eigenvalue weighted by Crippen LogP contribution is 2.30. The zero-order valence-corrected chi connectivity index (χ0v) is 9.72. The van der Waals surface area contributed by atoms with E-state index in [1.165, 1.54) is 6.08 Å². The van der Waals surface area contributed by atoms with Gasteiger partial charge in [0, 0.05) is 0 Å². The molecule has 0 aliphatic heterocycles. The summed E-state index contributed by atoms with van der Waals surface area (Å²) in [5.74, 6) is -0.134. The second-order valence-electron chi connectivity index (χ2n) is 3.57. The molecule has 0 radical (unpaired) electrons. The molecule has 0 atom stereocenters. The topological polar surface area (TPSA) is 40.5 Å². The minimum atomic E-state index is -0.112. The highest BCUT2D eigenvalue weighted by molar-refractivity contribution is 6.32. The average Bonchev–Trinajstić information content (AvgIpc) is 2.82. The van der Waals surface area contributed by atoms with E-state index < -0.39 is 0 Å². The number of hydrogen-bond donors (Lipinski definition) is 2. The smallest absolute Gasteiger partial charge is 0.145 e. The number of hydrogen-bond acceptors (Lipinski definition) is 2. The molecule has 17 heavy (non-hydrogen) atoms. The van der Waals surface area contributed by atoms with Crippen LogP contribution in [0.25, 0.3) is 5.76 Å². The van der Waals surface area contributed by atoms with Crippen LogP contribution in [-0.2, 0) is 0 Å². The quantitative estimate of drug-likeness (QED) is 0.775. The van der Waals surface area contributed by atoms with Gasteiger partial charge in [-0.2, -0.15) is 0 Å². The Kier molecular flexibility index (Phi) is 3.35. The molecule has 0 spiro atoms. The molecule has 1 aliphatic carbocycles. The molecule has 0 bridgehead atoms. The minimum absolute atomic E-state index is 0.0220. The number of rotatable bonds is 2. The van der Waals surface area contributed by atoms with Gasteiger partial charge in [-0.3, -0.25) is 0 Å². The SMILES string of the molecule is OC(=CC=C1C=CC=C1)c1cccc(Cl)c1O. The average molecular weight is 247 g/mol. The Balaban J connectivity index is 2.31. The summed E-state index contributed by atoms with van der Waals surface area (Å²) in [4.78, 5) is 0. The molecule has 1 aromatic carbocycles. The zero-order valence-electron chi connectivity index (χ0n) is 8.97. The Labute approximate surface area is 104 Å². The molecule has 0 saturated carbocycles. The van der Waals surface area contributed by atoms with Crippen LogP contribution in [0.2, 0.25) is 5.02 Å². The van der Waals surface area contributed by atoms with Crippen LogP contribution in [0.1, 0.15) is 5.56 Å². The third-order valence-corrected chi connectivity index (χ3v) is 2.69. The van der Waals surface area contributed by atoms with Gasteiger partial charge in [0.2, 0.25) is 0 Å². The van der Waals surface area contributed by atoms with Crippen molar-refractivity contribution in [3.63, 3.8) is 0 Å². The van der Waals surface area contributed by atoms with E-state index in [0.29, 0.717) is 5.56 Å². The number of aliphatic hydroxyl groups is 1. The van der Waals surface area contributed by atoms with E-state index in [-0.39, 0.29) is 16.5 Å². The van der Waals surface area contributed by atoms with Gasteiger partial charge in [-0.05, 0) is 23.8 Å². The van der Waals surface area contributed by atoms with Gasteiger partial charge in [-0.15, -0.1) is 0 Å². The molecule has 0 fully saturated rings. The molecule has 0 unspecified atom stereocenters. The lowest BCUT2D eigenvalue weighted by Gasteiger charge is -2.04. The van der Waals surface area contributed by atoms with Crippen molar-refractivity contribution in [2.75, 3.05) is 0 Å². The Morgan fingerprint density at radius 2 is 1.88 bits per heavy atom. The van der Waals surface area contributed by atoms with Gasteiger partial charge in [0.1, 0.15) is 11.5 Å². The third kappa shape index (κ3) is 2.60. The first-order valence-corrected chi connectivity index (χ1v) is 5.50. The summed E-state index contributed by atoms with van der Waals surface area (Å²) in [5, 5.41) is 19.7. The Morgan fingerprint density at radius 1 is 1.18 bits per heavy atom. The molecule has 2 nitrogen and oxygen atoms in total. The summed E-state index contributed by atoms with van der Waals surface area (Å²) in [7, 11) is 0. The monoisotopic (exact) mass is 246 g/mol. The summed E-state index contributed by atoms with van der Waals surface area (Å²) in [6.45, 7) is 0. The van der Waals surface area contributed by atoms with Gasteiger partial charge < -0.3 is 10.2 Å². The highest BCUT2D eigenvalue weighted by Gasteiger charge is 2.07. The van der Waals surface area contributed by atoms with Crippen molar-refractivity contribution >= 4 is 17.4 Å². The lowest BCUT2D eigenvalue weighted by Crippen LogP contribution is -1.84. The second kappa shape index (κ2) is 4.93. The lowest BCUT2D eigenvalue weighted by atomic mass is 10.1. The van der Waals surface area contributed by atoms with Gasteiger partial charge >= 0.3 is 0 Å². The number of aromatic hydroxyl groups is 1. The van der Waals surface area contributed by atoms with E-state index in [9.17, 15) is 10.2 Å². The van der Waals surface area contributed by atoms with Crippen LogP contribution >= 0.6 is 11.6 Å². The van der Waals surface area contributed by atoms with Crippen LogP contribution in [0.5, 0.6) is 5.75 Å². The van der Waals surface area contributed by atoms with Gasteiger partial charge in [-0.25, -0.2) is 0 Å². The third-order valence-electron chi connectivity index (χ3n) is 2.38. The largest absolute Gasteiger partial charge is 0.507 e. The first kappa shape index (κ1) is 11.6. The summed E-state index contributed by atoms with van der Waals surface area (Å²) < 4.78 is 0. The molecule has 1 aromatic rings. The molecule has 0 aromatic heterocycles. The predicted molar refractivity (Wildman–Crippen MR) is 70.1 cm³/mol. The first-order valence-electron chi connectivity index (χ1n) is 5.12.